The van der Waals surface area contributed by atoms with E-state index in [0.29, 0.717) is 0 Å². The molecule has 3 aromatic rings. The van der Waals surface area contributed by atoms with Gasteiger partial charge in [0.1, 0.15) is 12.2 Å². The molecular formula is C22H14BrF3N2O4. The number of benzene rings is 2. The zero-order chi connectivity index (χ0) is 23.0. The number of aromatic nitrogens is 1. The summed E-state index contributed by atoms with van der Waals surface area (Å²) in [6.45, 7) is -0.0923. The van der Waals surface area contributed by atoms with E-state index in [1.54, 1.807) is 0 Å². The number of fused-ring (bicyclic) bond motifs is 3. The van der Waals surface area contributed by atoms with E-state index in [1.165, 1.54) is 0 Å². The Morgan fingerprint density at radius 1 is 1.06 bits per heavy atom. The molecule has 6 nitrogen and oxygen atoms in total. The van der Waals surface area contributed by atoms with E-state index in [1.807, 2.05) is 53.8 Å². The molecule has 1 aliphatic carbocycles. The number of hydrogen-bond donors (Lipinski definition) is 2. The molecule has 164 valence electrons. The molecule has 0 unspecified atom stereocenters. The lowest BCUT2D eigenvalue weighted by atomic mass is 9.98. The summed E-state index contributed by atoms with van der Waals surface area (Å²) in [6, 6.07) is 16.0. The number of carboxylic acids is 1. The van der Waals surface area contributed by atoms with Gasteiger partial charge in [0.05, 0.1) is 0 Å². The van der Waals surface area contributed by atoms with Crippen LogP contribution in [0.25, 0.3) is 11.1 Å². The third-order valence-corrected chi connectivity index (χ3v) is 5.64. The van der Waals surface area contributed by atoms with Crippen LogP contribution in [0.2, 0.25) is 0 Å². The van der Waals surface area contributed by atoms with Crippen LogP contribution in [0.4, 0.5) is 23.8 Å². The molecule has 0 spiro atoms. The maximum atomic E-state index is 13.1. The summed E-state index contributed by atoms with van der Waals surface area (Å²) in [5.74, 6) is -2.58. The number of nitrogens with zero attached hydrogens (tertiary/aromatic N) is 1. The van der Waals surface area contributed by atoms with Crippen LogP contribution in [-0.2, 0) is 10.9 Å². The van der Waals surface area contributed by atoms with Crippen molar-refractivity contribution < 1.29 is 32.6 Å². The average molecular weight is 507 g/mol. The molecule has 0 saturated carbocycles. The predicted molar refractivity (Wildman–Crippen MR) is 113 cm³/mol. The molecule has 0 bridgehead atoms. The SMILES string of the molecule is O=C(Nc1nc(C(F)(F)F)c(Br)cc1C(=O)O)OCC1c2ccccc2-c2ccccc21. The lowest BCUT2D eigenvalue weighted by Crippen LogP contribution is -2.22. The molecule has 0 atom stereocenters. The van der Waals surface area contributed by atoms with Crippen molar-refractivity contribution in [3.05, 3.63) is 81.5 Å². The molecule has 1 aromatic heterocycles. The molecule has 0 fully saturated rings. The van der Waals surface area contributed by atoms with Gasteiger partial charge in [-0.05, 0) is 44.3 Å². The number of alkyl halides is 3. The highest BCUT2D eigenvalue weighted by atomic mass is 79.9. The van der Waals surface area contributed by atoms with E-state index in [2.05, 4.69) is 20.9 Å². The Hall–Kier alpha value is -3.40. The first-order valence-electron chi connectivity index (χ1n) is 9.30. The molecule has 10 heteroatoms. The van der Waals surface area contributed by atoms with Crippen LogP contribution >= 0.6 is 15.9 Å². The van der Waals surface area contributed by atoms with Gasteiger partial charge >= 0.3 is 18.2 Å². The van der Waals surface area contributed by atoms with Gasteiger partial charge in [-0.1, -0.05) is 48.5 Å². The number of ether oxygens (including phenoxy) is 1. The van der Waals surface area contributed by atoms with Gasteiger partial charge in [0.25, 0.3) is 0 Å². The van der Waals surface area contributed by atoms with Crippen LogP contribution in [0, 0.1) is 0 Å². The fourth-order valence-corrected chi connectivity index (χ4v) is 4.22. The quantitative estimate of drug-likeness (QED) is 0.458. The minimum atomic E-state index is -4.85. The number of halogens is 4. The number of rotatable bonds is 4. The zero-order valence-corrected chi connectivity index (χ0v) is 17.7. The van der Waals surface area contributed by atoms with Crippen LogP contribution in [0.5, 0.6) is 0 Å². The third kappa shape index (κ3) is 4.05. The Kier molecular flexibility index (Phi) is 5.64. The van der Waals surface area contributed by atoms with Gasteiger partial charge in [0, 0.05) is 10.4 Å². The van der Waals surface area contributed by atoms with Crippen molar-refractivity contribution >= 4 is 33.8 Å². The first-order valence-corrected chi connectivity index (χ1v) is 10.1. The lowest BCUT2D eigenvalue weighted by molar-refractivity contribution is -0.141. The van der Waals surface area contributed by atoms with Gasteiger partial charge in [-0.25, -0.2) is 14.6 Å². The van der Waals surface area contributed by atoms with E-state index >= 15 is 0 Å². The average Bonchev–Trinajstić information content (AvgIpc) is 3.06. The van der Waals surface area contributed by atoms with Gasteiger partial charge in [0.2, 0.25) is 0 Å². The second-order valence-corrected chi connectivity index (χ2v) is 7.82. The maximum absolute atomic E-state index is 13.1. The predicted octanol–water partition coefficient (Wildman–Crippen LogP) is 5.92. The van der Waals surface area contributed by atoms with Crippen molar-refractivity contribution in [1.82, 2.24) is 4.98 Å². The number of carboxylic acid groups (broad SMARTS) is 1. The van der Waals surface area contributed by atoms with Crippen molar-refractivity contribution in [1.29, 1.82) is 0 Å². The van der Waals surface area contributed by atoms with E-state index in [9.17, 15) is 27.9 Å². The Labute approximate surface area is 188 Å². The number of hydrogen-bond acceptors (Lipinski definition) is 4. The van der Waals surface area contributed by atoms with Crippen LogP contribution < -0.4 is 5.32 Å². The topological polar surface area (TPSA) is 88.5 Å². The highest BCUT2D eigenvalue weighted by Gasteiger charge is 2.37. The van der Waals surface area contributed by atoms with Crippen LogP contribution in [0.1, 0.15) is 33.1 Å². The summed E-state index contributed by atoms with van der Waals surface area (Å²) in [5.41, 5.74) is 1.95. The Bertz CT molecular complexity index is 1180. The maximum Gasteiger partial charge on any atom is 0.434 e. The molecule has 1 heterocycles. The van der Waals surface area contributed by atoms with E-state index in [4.69, 9.17) is 4.74 Å². The minimum Gasteiger partial charge on any atom is -0.478 e. The summed E-state index contributed by atoms with van der Waals surface area (Å²) < 4.78 is 44.2. The number of carbonyl (C=O) groups is 2. The number of pyridine rings is 1. The normalized spacial score (nSPS) is 12.8. The number of nitrogens with one attached hydrogen (secondary N) is 1. The van der Waals surface area contributed by atoms with E-state index < -0.39 is 39.8 Å². The number of aromatic carboxylic acids is 1. The summed E-state index contributed by atoms with van der Waals surface area (Å²) >= 11 is 2.67. The largest absolute Gasteiger partial charge is 0.478 e. The first kappa shape index (κ1) is 21.8. The summed E-state index contributed by atoms with van der Waals surface area (Å²) in [7, 11) is 0. The fraction of sp³-hybridized carbons (Fsp3) is 0.136. The third-order valence-electron chi connectivity index (χ3n) is 5.04. The molecule has 2 aromatic carbocycles. The second-order valence-electron chi connectivity index (χ2n) is 6.97. The summed E-state index contributed by atoms with van der Waals surface area (Å²) in [5, 5.41) is 11.3. The molecule has 0 aliphatic heterocycles. The Morgan fingerprint density at radius 3 is 2.16 bits per heavy atom. The van der Waals surface area contributed by atoms with Gasteiger partial charge in [-0.2, -0.15) is 13.2 Å². The molecule has 32 heavy (non-hydrogen) atoms. The first-order chi connectivity index (χ1) is 15.2. The van der Waals surface area contributed by atoms with Gasteiger partial charge < -0.3 is 9.84 Å². The number of carbonyl (C=O) groups excluding carboxylic acids is 1. The highest BCUT2D eigenvalue weighted by molar-refractivity contribution is 9.10. The van der Waals surface area contributed by atoms with Crippen molar-refractivity contribution in [2.24, 2.45) is 0 Å². The zero-order valence-electron chi connectivity index (χ0n) is 16.1. The van der Waals surface area contributed by atoms with Gasteiger partial charge in [0.15, 0.2) is 11.5 Å². The molecule has 1 amide bonds. The van der Waals surface area contributed by atoms with E-state index in [0.717, 1.165) is 28.3 Å². The van der Waals surface area contributed by atoms with Gasteiger partial charge in [-0.3, -0.25) is 5.32 Å². The molecular weight excluding hydrogens is 493 g/mol. The minimum absolute atomic E-state index is 0.0923. The monoisotopic (exact) mass is 506 g/mol. The summed E-state index contributed by atoms with van der Waals surface area (Å²) in [4.78, 5) is 27.1. The number of amides is 1. The van der Waals surface area contributed by atoms with Crippen molar-refractivity contribution in [2.45, 2.75) is 12.1 Å². The molecule has 0 saturated heterocycles. The smallest absolute Gasteiger partial charge is 0.434 e. The Balaban J connectivity index is 1.56. The second kappa shape index (κ2) is 8.27. The molecule has 2 N–H and O–H groups in total. The fourth-order valence-electron chi connectivity index (χ4n) is 3.68. The van der Waals surface area contributed by atoms with Crippen molar-refractivity contribution in [2.75, 3.05) is 11.9 Å². The Morgan fingerprint density at radius 2 is 1.62 bits per heavy atom. The van der Waals surface area contributed by atoms with Crippen LogP contribution in [0.15, 0.2) is 59.1 Å². The summed E-state index contributed by atoms with van der Waals surface area (Å²) in [6.07, 6.45) is -5.97. The van der Waals surface area contributed by atoms with Crippen LogP contribution in [0.3, 0.4) is 0 Å². The number of anilines is 1. The lowest BCUT2D eigenvalue weighted by Gasteiger charge is -2.16. The molecule has 0 radical (unpaired) electrons. The van der Waals surface area contributed by atoms with E-state index in [-0.39, 0.29) is 12.5 Å². The highest BCUT2D eigenvalue weighted by Crippen LogP contribution is 2.44. The molecule has 4 rings (SSSR count). The standard InChI is InChI=1S/C22H14BrF3N2O4/c23-17-9-15(20(29)30)19(27-18(17)22(24,25)26)28-21(31)32-10-16-13-7-3-1-5-11(13)12-6-2-4-8-14(12)16/h1-9,16H,10H2,(H,29,30)(H,27,28,31). The van der Waals surface area contributed by atoms with Crippen LogP contribution in [-0.4, -0.2) is 28.8 Å². The van der Waals surface area contributed by atoms with Crippen molar-refractivity contribution in [3.63, 3.8) is 0 Å². The van der Waals surface area contributed by atoms with Crippen molar-refractivity contribution in [3.8, 4) is 11.1 Å². The van der Waals surface area contributed by atoms with Gasteiger partial charge in [-0.15, -0.1) is 0 Å². The molecule has 1 aliphatic rings.